The molecule has 0 aromatic heterocycles. The summed E-state index contributed by atoms with van der Waals surface area (Å²) in [7, 11) is 0. The SMILES string of the molecule is Cc1ccc(C(O)CCNC2CC2)c(C)c1. The number of aliphatic hydroxyl groups is 1. The smallest absolute Gasteiger partial charge is 0.0804 e. The maximum Gasteiger partial charge on any atom is 0.0804 e. The first kappa shape index (κ1) is 11.6. The van der Waals surface area contributed by atoms with E-state index in [-0.39, 0.29) is 6.10 Å². The van der Waals surface area contributed by atoms with Crippen molar-refractivity contribution >= 4 is 0 Å². The summed E-state index contributed by atoms with van der Waals surface area (Å²) in [6, 6.07) is 6.98. The van der Waals surface area contributed by atoms with Crippen LogP contribution in [0.25, 0.3) is 0 Å². The zero-order valence-electron chi connectivity index (χ0n) is 10.2. The maximum atomic E-state index is 10.1. The van der Waals surface area contributed by atoms with Crippen molar-refractivity contribution in [3.63, 3.8) is 0 Å². The maximum absolute atomic E-state index is 10.1. The number of hydrogen-bond acceptors (Lipinski definition) is 2. The highest BCUT2D eigenvalue weighted by atomic mass is 16.3. The average molecular weight is 219 g/mol. The summed E-state index contributed by atoms with van der Waals surface area (Å²) in [6.07, 6.45) is 3.09. The molecule has 2 rings (SSSR count). The quantitative estimate of drug-likeness (QED) is 0.797. The molecule has 0 bridgehead atoms. The second-order valence-electron chi connectivity index (χ2n) is 4.89. The highest BCUT2D eigenvalue weighted by Gasteiger charge is 2.20. The molecule has 1 aliphatic rings. The minimum Gasteiger partial charge on any atom is -0.388 e. The molecule has 0 aliphatic heterocycles. The predicted molar refractivity (Wildman–Crippen MR) is 66.5 cm³/mol. The summed E-state index contributed by atoms with van der Waals surface area (Å²) < 4.78 is 0. The molecular weight excluding hydrogens is 198 g/mol. The first-order valence-electron chi connectivity index (χ1n) is 6.15. The molecule has 1 unspecified atom stereocenters. The summed E-state index contributed by atoms with van der Waals surface area (Å²) >= 11 is 0. The Morgan fingerprint density at radius 1 is 1.38 bits per heavy atom. The van der Waals surface area contributed by atoms with E-state index in [4.69, 9.17) is 0 Å². The van der Waals surface area contributed by atoms with Crippen LogP contribution >= 0.6 is 0 Å². The van der Waals surface area contributed by atoms with Gasteiger partial charge in [-0.25, -0.2) is 0 Å². The second kappa shape index (κ2) is 4.98. The molecule has 88 valence electrons. The molecule has 1 aliphatic carbocycles. The highest BCUT2D eigenvalue weighted by Crippen LogP contribution is 2.22. The third-order valence-electron chi connectivity index (χ3n) is 3.21. The van der Waals surface area contributed by atoms with Crippen LogP contribution in [0.2, 0.25) is 0 Å². The monoisotopic (exact) mass is 219 g/mol. The van der Waals surface area contributed by atoms with E-state index in [1.807, 2.05) is 6.07 Å². The van der Waals surface area contributed by atoms with Crippen molar-refractivity contribution in [3.05, 3.63) is 34.9 Å². The fourth-order valence-electron chi connectivity index (χ4n) is 2.07. The molecular formula is C14H21NO. The predicted octanol–water partition coefficient (Wildman–Crippen LogP) is 2.48. The number of aryl methyl sites for hydroxylation is 2. The van der Waals surface area contributed by atoms with E-state index >= 15 is 0 Å². The molecule has 2 heteroatoms. The third kappa shape index (κ3) is 3.06. The Bertz CT molecular complexity index is 358. The van der Waals surface area contributed by atoms with Crippen molar-refractivity contribution in [2.75, 3.05) is 6.54 Å². The molecule has 0 saturated heterocycles. The van der Waals surface area contributed by atoms with Gasteiger partial charge in [0.15, 0.2) is 0 Å². The lowest BCUT2D eigenvalue weighted by Crippen LogP contribution is -2.19. The van der Waals surface area contributed by atoms with Crippen molar-refractivity contribution < 1.29 is 5.11 Å². The van der Waals surface area contributed by atoms with Crippen LogP contribution in [0.1, 0.15) is 42.1 Å². The first-order valence-corrected chi connectivity index (χ1v) is 6.15. The minimum atomic E-state index is -0.327. The van der Waals surface area contributed by atoms with Gasteiger partial charge in [-0.2, -0.15) is 0 Å². The molecule has 2 nitrogen and oxygen atoms in total. The van der Waals surface area contributed by atoms with Gasteiger partial charge < -0.3 is 10.4 Å². The first-order chi connectivity index (χ1) is 7.66. The van der Waals surface area contributed by atoms with E-state index in [1.165, 1.54) is 24.0 Å². The molecule has 16 heavy (non-hydrogen) atoms. The number of nitrogens with one attached hydrogen (secondary N) is 1. The zero-order valence-corrected chi connectivity index (χ0v) is 10.2. The molecule has 0 radical (unpaired) electrons. The van der Waals surface area contributed by atoms with E-state index < -0.39 is 0 Å². The Labute approximate surface area is 97.7 Å². The Balaban J connectivity index is 1.88. The summed E-state index contributed by atoms with van der Waals surface area (Å²) in [4.78, 5) is 0. The summed E-state index contributed by atoms with van der Waals surface area (Å²) in [5.41, 5.74) is 3.52. The van der Waals surface area contributed by atoms with Gasteiger partial charge in [-0.05, 0) is 50.8 Å². The van der Waals surface area contributed by atoms with Gasteiger partial charge in [-0.1, -0.05) is 23.8 Å². The third-order valence-corrected chi connectivity index (χ3v) is 3.21. The fourth-order valence-corrected chi connectivity index (χ4v) is 2.07. The number of hydrogen-bond donors (Lipinski definition) is 2. The molecule has 1 fully saturated rings. The van der Waals surface area contributed by atoms with E-state index in [0.717, 1.165) is 24.6 Å². The highest BCUT2D eigenvalue weighted by molar-refractivity contribution is 5.31. The fraction of sp³-hybridized carbons (Fsp3) is 0.571. The Kier molecular flexibility index (Phi) is 3.62. The van der Waals surface area contributed by atoms with Gasteiger partial charge in [0, 0.05) is 6.04 Å². The van der Waals surface area contributed by atoms with Crippen LogP contribution in [0.3, 0.4) is 0 Å². The summed E-state index contributed by atoms with van der Waals surface area (Å²) in [6.45, 7) is 5.07. The molecule has 1 aromatic carbocycles. The van der Waals surface area contributed by atoms with Crippen LogP contribution in [-0.2, 0) is 0 Å². The van der Waals surface area contributed by atoms with Crippen molar-refractivity contribution in [1.29, 1.82) is 0 Å². The van der Waals surface area contributed by atoms with Gasteiger partial charge in [0.2, 0.25) is 0 Å². The molecule has 1 aromatic rings. The van der Waals surface area contributed by atoms with Crippen LogP contribution in [0, 0.1) is 13.8 Å². The molecule has 0 spiro atoms. The minimum absolute atomic E-state index is 0.327. The lowest BCUT2D eigenvalue weighted by Gasteiger charge is -2.14. The average Bonchev–Trinajstić information content (AvgIpc) is 3.01. The van der Waals surface area contributed by atoms with Gasteiger partial charge >= 0.3 is 0 Å². The lowest BCUT2D eigenvalue weighted by molar-refractivity contribution is 0.166. The van der Waals surface area contributed by atoms with Crippen molar-refractivity contribution in [2.45, 2.75) is 45.3 Å². The van der Waals surface area contributed by atoms with Gasteiger partial charge in [-0.15, -0.1) is 0 Å². The number of rotatable bonds is 5. The second-order valence-corrected chi connectivity index (χ2v) is 4.89. The molecule has 0 amide bonds. The van der Waals surface area contributed by atoms with Gasteiger partial charge in [0.05, 0.1) is 6.10 Å². The number of benzene rings is 1. The number of aliphatic hydroxyl groups excluding tert-OH is 1. The largest absolute Gasteiger partial charge is 0.388 e. The van der Waals surface area contributed by atoms with Gasteiger partial charge in [0.25, 0.3) is 0 Å². The van der Waals surface area contributed by atoms with Crippen LogP contribution in [0.15, 0.2) is 18.2 Å². The van der Waals surface area contributed by atoms with Crippen molar-refractivity contribution in [2.24, 2.45) is 0 Å². The Hall–Kier alpha value is -0.860. The van der Waals surface area contributed by atoms with Gasteiger partial charge in [-0.3, -0.25) is 0 Å². The standard InChI is InChI=1S/C14H21NO/c1-10-3-6-13(11(2)9-10)14(16)7-8-15-12-4-5-12/h3,6,9,12,14-16H,4-5,7-8H2,1-2H3. The van der Waals surface area contributed by atoms with Gasteiger partial charge in [0.1, 0.15) is 0 Å². The van der Waals surface area contributed by atoms with E-state index in [0.29, 0.717) is 0 Å². The Morgan fingerprint density at radius 2 is 2.12 bits per heavy atom. The van der Waals surface area contributed by atoms with E-state index in [1.54, 1.807) is 0 Å². The van der Waals surface area contributed by atoms with Crippen LogP contribution in [0.4, 0.5) is 0 Å². The Morgan fingerprint density at radius 3 is 2.75 bits per heavy atom. The van der Waals surface area contributed by atoms with Crippen molar-refractivity contribution in [3.8, 4) is 0 Å². The van der Waals surface area contributed by atoms with Crippen LogP contribution in [0.5, 0.6) is 0 Å². The molecule has 1 atom stereocenters. The summed E-state index contributed by atoms with van der Waals surface area (Å²) in [5.74, 6) is 0. The molecule has 2 N–H and O–H groups in total. The molecule has 0 heterocycles. The van der Waals surface area contributed by atoms with E-state index in [2.05, 4.69) is 31.3 Å². The normalized spacial score (nSPS) is 17.4. The summed E-state index contributed by atoms with van der Waals surface area (Å²) in [5, 5.41) is 13.5. The van der Waals surface area contributed by atoms with E-state index in [9.17, 15) is 5.11 Å². The zero-order chi connectivity index (χ0) is 11.5. The van der Waals surface area contributed by atoms with Crippen LogP contribution < -0.4 is 5.32 Å². The molecule has 1 saturated carbocycles. The van der Waals surface area contributed by atoms with Crippen molar-refractivity contribution in [1.82, 2.24) is 5.32 Å². The lowest BCUT2D eigenvalue weighted by atomic mass is 9.99. The van der Waals surface area contributed by atoms with Crippen LogP contribution in [-0.4, -0.2) is 17.7 Å². The topological polar surface area (TPSA) is 32.3 Å².